The summed E-state index contributed by atoms with van der Waals surface area (Å²) in [7, 11) is 0. The summed E-state index contributed by atoms with van der Waals surface area (Å²) < 4.78 is 0. The minimum Gasteiger partial charge on any atom is -0.356 e. The van der Waals surface area contributed by atoms with Crippen LogP contribution in [0.3, 0.4) is 0 Å². The number of hydrogen-bond donors (Lipinski definition) is 0. The molecule has 126 valence electrons. The van der Waals surface area contributed by atoms with Crippen LogP contribution in [0.15, 0.2) is 30.3 Å². The predicted molar refractivity (Wildman–Crippen MR) is 97.5 cm³/mol. The van der Waals surface area contributed by atoms with Gasteiger partial charge in [0.25, 0.3) is 0 Å². The SMILES string of the molecule is O=Cc1ccc2cc(N3CCCCC3N3CCCCC3)ccc2n1. The molecule has 0 amide bonds. The molecule has 2 aromatic rings. The summed E-state index contributed by atoms with van der Waals surface area (Å²) in [5, 5.41) is 1.11. The largest absolute Gasteiger partial charge is 0.356 e. The molecule has 1 aromatic carbocycles. The van der Waals surface area contributed by atoms with E-state index in [1.807, 2.05) is 6.07 Å². The zero-order valence-electron chi connectivity index (χ0n) is 14.2. The Labute approximate surface area is 143 Å². The number of aromatic nitrogens is 1. The van der Waals surface area contributed by atoms with Gasteiger partial charge in [0.05, 0.1) is 11.7 Å². The Balaban J connectivity index is 1.64. The molecule has 4 rings (SSSR count). The molecular formula is C20H25N3O. The number of fused-ring (bicyclic) bond motifs is 1. The molecule has 4 heteroatoms. The molecule has 2 aliphatic heterocycles. The molecule has 1 unspecified atom stereocenters. The van der Waals surface area contributed by atoms with Crippen molar-refractivity contribution < 1.29 is 4.79 Å². The second kappa shape index (κ2) is 6.89. The average molecular weight is 323 g/mol. The van der Waals surface area contributed by atoms with E-state index >= 15 is 0 Å². The van der Waals surface area contributed by atoms with Crippen molar-refractivity contribution in [1.82, 2.24) is 9.88 Å². The van der Waals surface area contributed by atoms with Crippen molar-refractivity contribution in [1.29, 1.82) is 0 Å². The third-order valence-corrected chi connectivity index (χ3v) is 5.43. The number of benzene rings is 1. The van der Waals surface area contributed by atoms with Gasteiger partial charge >= 0.3 is 0 Å². The Morgan fingerprint density at radius 2 is 1.79 bits per heavy atom. The molecule has 2 aliphatic rings. The van der Waals surface area contributed by atoms with Gasteiger partial charge in [-0.3, -0.25) is 9.69 Å². The first kappa shape index (κ1) is 15.6. The van der Waals surface area contributed by atoms with Crippen LogP contribution in [0.25, 0.3) is 10.9 Å². The van der Waals surface area contributed by atoms with Crippen LogP contribution in [0.1, 0.15) is 49.0 Å². The van der Waals surface area contributed by atoms with Crippen molar-refractivity contribution in [2.75, 3.05) is 24.5 Å². The fraction of sp³-hybridized carbons (Fsp3) is 0.500. The van der Waals surface area contributed by atoms with Crippen LogP contribution in [0.5, 0.6) is 0 Å². The summed E-state index contributed by atoms with van der Waals surface area (Å²) >= 11 is 0. The van der Waals surface area contributed by atoms with Gasteiger partial charge < -0.3 is 4.90 Å². The first-order valence-corrected chi connectivity index (χ1v) is 9.22. The summed E-state index contributed by atoms with van der Waals surface area (Å²) in [6.07, 6.45) is 9.26. The van der Waals surface area contributed by atoms with Gasteiger partial charge in [-0.25, -0.2) is 4.98 Å². The lowest BCUT2D eigenvalue weighted by molar-refractivity contribution is 0.111. The number of nitrogens with zero attached hydrogens (tertiary/aromatic N) is 3. The molecule has 0 spiro atoms. The second-order valence-electron chi connectivity index (χ2n) is 7.00. The molecule has 3 heterocycles. The van der Waals surface area contributed by atoms with Crippen molar-refractivity contribution in [3.63, 3.8) is 0 Å². The summed E-state index contributed by atoms with van der Waals surface area (Å²) in [6, 6.07) is 10.3. The lowest BCUT2D eigenvalue weighted by Gasteiger charge is -2.45. The summed E-state index contributed by atoms with van der Waals surface area (Å²) in [6.45, 7) is 3.60. The van der Waals surface area contributed by atoms with Crippen LogP contribution in [0, 0.1) is 0 Å². The van der Waals surface area contributed by atoms with E-state index in [-0.39, 0.29) is 0 Å². The molecule has 0 bridgehead atoms. The van der Waals surface area contributed by atoms with E-state index in [2.05, 4.69) is 33.0 Å². The van der Waals surface area contributed by atoms with Crippen LogP contribution in [0.2, 0.25) is 0 Å². The zero-order valence-corrected chi connectivity index (χ0v) is 14.2. The van der Waals surface area contributed by atoms with E-state index in [0.717, 1.165) is 23.7 Å². The minimum absolute atomic E-state index is 0.499. The molecule has 2 fully saturated rings. The first-order chi connectivity index (χ1) is 11.8. The van der Waals surface area contributed by atoms with Gasteiger partial charge in [0.1, 0.15) is 5.69 Å². The molecule has 0 radical (unpaired) electrons. The van der Waals surface area contributed by atoms with E-state index < -0.39 is 0 Å². The Morgan fingerprint density at radius 3 is 2.62 bits per heavy atom. The Morgan fingerprint density at radius 1 is 0.958 bits per heavy atom. The maximum absolute atomic E-state index is 10.9. The van der Waals surface area contributed by atoms with E-state index in [1.54, 1.807) is 6.07 Å². The van der Waals surface area contributed by atoms with Crippen molar-refractivity contribution in [2.24, 2.45) is 0 Å². The average Bonchev–Trinajstić information content (AvgIpc) is 2.68. The Kier molecular flexibility index (Phi) is 4.48. The van der Waals surface area contributed by atoms with Crippen molar-refractivity contribution in [3.8, 4) is 0 Å². The lowest BCUT2D eigenvalue weighted by atomic mass is 10.0. The molecular weight excluding hydrogens is 298 g/mol. The fourth-order valence-electron chi connectivity index (χ4n) is 4.18. The van der Waals surface area contributed by atoms with Crippen LogP contribution < -0.4 is 4.90 Å². The number of rotatable bonds is 3. The summed E-state index contributed by atoms with van der Waals surface area (Å²) in [5.74, 6) is 0. The fourth-order valence-corrected chi connectivity index (χ4v) is 4.18. The zero-order chi connectivity index (χ0) is 16.4. The van der Waals surface area contributed by atoms with Gasteiger partial charge in [-0.2, -0.15) is 0 Å². The summed E-state index contributed by atoms with van der Waals surface area (Å²) in [4.78, 5) is 20.6. The van der Waals surface area contributed by atoms with Crippen LogP contribution >= 0.6 is 0 Å². The van der Waals surface area contributed by atoms with E-state index in [0.29, 0.717) is 11.9 Å². The number of likely N-dealkylation sites (tertiary alicyclic amines) is 1. The van der Waals surface area contributed by atoms with E-state index in [1.165, 1.54) is 57.3 Å². The highest BCUT2D eigenvalue weighted by atomic mass is 16.1. The first-order valence-electron chi connectivity index (χ1n) is 9.22. The topological polar surface area (TPSA) is 36.4 Å². The van der Waals surface area contributed by atoms with Crippen molar-refractivity contribution in [2.45, 2.75) is 44.7 Å². The number of aldehydes is 1. The molecule has 4 nitrogen and oxygen atoms in total. The van der Waals surface area contributed by atoms with Gasteiger partial charge in [-0.15, -0.1) is 0 Å². The molecule has 0 N–H and O–H groups in total. The lowest BCUT2D eigenvalue weighted by Crippen LogP contribution is -2.52. The second-order valence-corrected chi connectivity index (χ2v) is 7.00. The standard InChI is InChI=1S/C20H25N3O/c24-15-17-8-7-16-14-18(9-10-19(16)21-17)23-13-5-2-6-20(23)22-11-3-1-4-12-22/h7-10,14-15,20H,1-6,11-13H2. The number of anilines is 1. The molecule has 0 aliphatic carbocycles. The smallest absolute Gasteiger partial charge is 0.168 e. The highest BCUT2D eigenvalue weighted by Gasteiger charge is 2.29. The molecule has 1 atom stereocenters. The maximum atomic E-state index is 10.9. The molecule has 0 saturated carbocycles. The van der Waals surface area contributed by atoms with E-state index in [4.69, 9.17) is 0 Å². The van der Waals surface area contributed by atoms with Gasteiger partial charge in [0.15, 0.2) is 6.29 Å². The monoisotopic (exact) mass is 323 g/mol. The summed E-state index contributed by atoms with van der Waals surface area (Å²) in [5.41, 5.74) is 2.69. The van der Waals surface area contributed by atoms with Crippen LogP contribution in [-0.2, 0) is 0 Å². The van der Waals surface area contributed by atoms with Crippen molar-refractivity contribution >= 4 is 22.9 Å². The number of carbonyl (C=O) groups is 1. The minimum atomic E-state index is 0.499. The van der Waals surface area contributed by atoms with Gasteiger partial charge in [-0.1, -0.05) is 12.5 Å². The number of piperidine rings is 2. The Bertz CT molecular complexity index is 724. The Hall–Kier alpha value is -1.94. The molecule has 1 aromatic heterocycles. The van der Waals surface area contributed by atoms with Gasteiger partial charge in [-0.05, 0) is 56.4 Å². The maximum Gasteiger partial charge on any atom is 0.168 e. The van der Waals surface area contributed by atoms with Crippen LogP contribution in [-0.4, -0.2) is 42.0 Å². The molecule has 24 heavy (non-hydrogen) atoms. The number of hydrogen-bond acceptors (Lipinski definition) is 4. The number of pyridine rings is 1. The quantitative estimate of drug-likeness (QED) is 0.804. The van der Waals surface area contributed by atoms with Crippen LogP contribution in [0.4, 0.5) is 5.69 Å². The van der Waals surface area contributed by atoms with Gasteiger partial charge in [0, 0.05) is 30.7 Å². The number of carbonyl (C=O) groups excluding carboxylic acids is 1. The normalized spacial score (nSPS) is 22.7. The van der Waals surface area contributed by atoms with Gasteiger partial charge in [0.2, 0.25) is 0 Å². The van der Waals surface area contributed by atoms with Crippen molar-refractivity contribution in [3.05, 3.63) is 36.0 Å². The van der Waals surface area contributed by atoms with E-state index in [9.17, 15) is 4.79 Å². The third-order valence-electron chi connectivity index (χ3n) is 5.43. The molecule has 2 saturated heterocycles. The third kappa shape index (κ3) is 3.03. The predicted octanol–water partition coefficient (Wildman–Crippen LogP) is 3.85. The highest BCUT2D eigenvalue weighted by molar-refractivity contribution is 5.86. The highest BCUT2D eigenvalue weighted by Crippen LogP contribution is 2.30.